The van der Waals surface area contributed by atoms with Crippen LogP contribution >= 0.6 is 27.3 Å². The largest absolute Gasteiger partial charge is 0.140 e. The van der Waals surface area contributed by atoms with Crippen LogP contribution in [-0.2, 0) is 0 Å². The van der Waals surface area contributed by atoms with Crippen LogP contribution in [0.4, 0.5) is 0 Å². The summed E-state index contributed by atoms with van der Waals surface area (Å²) in [6, 6.07) is 2.26. The lowest BCUT2D eigenvalue weighted by Crippen LogP contribution is -2.21. The number of hydrogen-bond acceptors (Lipinski definition) is 1. The van der Waals surface area contributed by atoms with Gasteiger partial charge in [-0.05, 0) is 31.1 Å². The van der Waals surface area contributed by atoms with Crippen LogP contribution in [0.3, 0.4) is 0 Å². The van der Waals surface area contributed by atoms with Gasteiger partial charge in [-0.1, -0.05) is 35.9 Å². The molecule has 0 N–H and O–H groups in total. The van der Waals surface area contributed by atoms with Crippen molar-refractivity contribution < 1.29 is 0 Å². The Balaban J connectivity index is 0.000000396. The van der Waals surface area contributed by atoms with Gasteiger partial charge < -0.3 is 0 Å². The fourth-order valence-electron chi connectivity index (χ4n) is 1.37. The summed E-state index contributed by atoms with van der Waals surface area (Å²) < 4.78 is 2.82. The van der Waals surface area contributed by atoms with E-state index in [2.05, 4.69) is 35.0 Å². The van der Waals surface area contributed by atoms with Gasteiger partial charge in [0.05, 0.1) is 0 Å². The molecule has 0 radical (unpaired) electrons. The molecule has 72 valence electrons. The van der Waals surface area contributed by atoms with E-state index in [4.69, 9.17) is 0 Å². The fraction of sp³-hybridized carbons (Fsp3) is 0.455. The van der Waals surface area contributed by atoms with E-state index in [1.165, 1.54) is 32.0 Å². The van der Waals surface area contributed by atoms with Crippen LogP contribution in [0.1, 0.15) is 31.6 Å². The van der Waals surface area contributed by atoms with Crippen LogP contribution < -0.4 is 9.75 Å². The quantitative estimate of drug-likeness (QED) is 0.671. The number of hydrogen-bond donors (Lipinski definition) is 0. The minimum absolute atomic E-state index is 1.17. The summed E-state index contributed by atoms with van der Waals surface area (Å²) in [6.07, 6.45) is 4.68. The van der Waals surface area contributed by atoms with Gasteiger partial charge >= 0.3 is 0 Å². The number of rotatable bonds is 0. The van der Waals surface area contributed by atoms with Crippen molar-refractivity contribution in [3.63, 3.8) is 0 Å². The third-order valence-electron chi connectivity index (χ3n) is 1.86. The molecule has 1 aromatic rings. The molecule has 1 aromatic heterocycles. The minimum Gasteiger partial charge on any atom is -0.140 e. The molecule has 1 heterocycles. The zero-order chi connectivity index (χ0) is 9.84. The molecule has 0 unspecified atom stereocenters. The summed E-state index contributed by atoms with van der Waals surface area (Å²) in [5.74, 6) is 0. The van der Waals surface area contributed by atoms with Gasteiger partial charge in [0.2, 0.25) is 0 Å². The second kappa shape index (κ2) is 4.97. The zero-order valence-electron chi connectivity index (χ0n) is 8.36. The summed E-state index contributed by atoms with van der Waals surface area (Å²) in [4.78, 5) is 1.41. The van der Waals surface area contributed by atoms with Gasteiger partial charge in [-0.3, -0.25) is 0 Å². The van der Waals surface area contributed by atoms with E-state index in [0.29, 0.717) is 0 Å². The summed E-state index contributed by atoms with van der Waals surface area (Å²) in [5.41, 5.74) is 0. The molecule has 0 fully saturated rings. The number of fused-ring (bicyclic) bond motifs is 1. The molecular weight excluding hydrogens is 244 g/mol. The average Bonchev–Trinajstić information content (AvgIpc) is 2.51. The first kappa shape index (κ1) is 11.0. The summed E-state index contributed by atoms with van der Waals surface area (Å²) in [5, 5.41) is 1.42. The van der Waals surface area contributed by atoms with Crippen molar-refractivity contribution in [2.75, 3.05) is 0 Å². The topological polar surface area (TPSA) is 0 Å². The van der Waals surface area contributed by atoms with Gasteiger partial charge in [0.1, 0.15) is 0 Å². The van der Waals surface area contributed by atoms with Crippen LogP contribution in [0.15, 0.2) is 6.07 Å². The van der Waals surface area contributed by atoms with Crippen LogP contribution in [-0.4, -0.2) is 0 Å². The first-order valence-electron chi connectivity index (χ1n) is 4.73. The minimum atomic E-state index is 1.17. The van der Waals surface area contributed by atoms with E-state index in [1.54, 1.807) is 0 Å². The maximum absolute atomic E-state index is 3.61. The molecule has 2 rings (SSSR count). The third kappa shape index (κ3) is 2.44. The molecule has 2 heteroatoms. The van der Waals surface area contributed by atoms with E-state index in [1.807, 2.05) is 25.2 Å². The lowest BCUT2D eigenvalue weighted by Gasteiger charge is -1.98. The van der Waals surface area contributed by atoms with E-state index in [0.717, 1.165) is 0 Å². The highest BCUT2D eigenvalue weighted by atomic mass is 79.9. The van der Waals surface area contributed by atoms with E-state index >= 15 is 0 Å². The Morgan fingerprint density at radius 2 is 2.08 bits per heavy atom. The molecule has 0 saturated carbocycles. The number of halogens is 1. The van der Waals surface area contributed by atoms with Crippen LogP contribution in [0.25, 0.3) is 10.6 Å². The molecule has 0 spiro atoms. The molecule has 0 nitrogen and oxygen atoms in total. The Labute approximate surface area is 92.1 Å². The van der Waals surface area contributed by atoms with Gasteiger partial charge in [-0.15, -0.1) is 11.3 Å². The van der Waals surface area contributed by atoms with E-state index in [9.17, 15) is 0 Å². The maximum atomic E-state index is 3.61. The predicted octanol–water partition coefficient (Wildman–Crippen LogP) is 3.16. The predicted molar refractivity (Wildman–Crippen MR) is 65.7 cm³/mol. The smallest absolute Gasteiger partial charge is 0.0443 e. The molecule has 0 amide bonds. The first-order chi connectivity index (χ1) is 6.27. The number of aryl methyl sites for hydroxylation is 1. The van der Waals surface area contributed by atoms with Crippen molar-refractivity contribution in [3.05, 3.63) is 20.7 Å². The molecule has 13 heavy (non-hydrogen) atoms. The van der Waals surface area contributed by atoms with E-state index < -0.39 is 0 Å². The maximum Gasteiger partial charge on any atom is 0.0443 e. The van der Waals surface area contributed by atoms with Crippen molar-refractivity contribution in [1.29, 1.82) is 0 Å². The van der Waals surface area contributed by atoms with Crippen molar-refractivity contribution >= 4 is 37.8 Å². The van der Waals surface area contributed by atoms with Gasteiger partial charge in [0.25, 0.3) is 0 Å². The average molecular weight is 259 g/mol. The molecular formula is C11H15BrS. The summed E-state index contributed by atoms with van der Waals surface area (Å²) >= 11 is 5.49. The molecule has 0 saturated heterocycles. The van der Waals surface area contributed by atoms with Gasteiger partial charge in [0.15, 0.2) is 0 Å². The number of thiophene rings is 1. The lowest BCUT2D eigenvalue weighted by molar-refractivity contribution is 1.12. The Kier molecular flexibility index (Phi) is 4.20. The highest BCUT2D eigenvalue weighted by molar-refractivity contribution is 9.14. The molecule has 0 atom stereocenters. The Morgan fingerprint density at radius 3 is 2.69 bits per heavy atom. The van der Waals surface area contributed by atoms with Crippen molar-refractivity contribution in [3.8, 4) is 0 Å². The van der Waals surface area contributed by atoms with Crippen LogP contribution in [0.5, 0.6) is 0 Å². The highest BCUT2D eigenvalue weighted by Gasteiger charge is 2.02. The van der Waals surface area contributed by atoms with E-state index in [-0.39, 0.29) is 0 Å². The zero-order valence-corrected chi connectivity index (χ0v) is 10.8. The lowest BCUT2D eigenvalue weighted by atomic mass is 10.2. The Bertz CT molecular complexity index is 387. The molecule has 1 aliphatic carbocycles. The van der Waals surface area contributed by atoms with Crippen molar-refractivity contribution in [1.82, 2.24) is 0 Å². The normalized spacial score (nSPS) is 14.0. The molecule has 0 bridgehead atoms. The van der Waals surface area contributed by atoms with Crippen LogP contribution in [0.2, 0.25) is 0 Å². The van der Waals surface area contributed by atoms with Crippen LogP contribution in [0, 0.1) is 6.92 Å². The highest BCUT2D eigenvalue weighted by Crippen LogP contribution is 2.16. The third-order valence-corrected chi connectivity index (χ3v) is 4.04. The van der Waals surface area contributed by atoms with Gasteiger partial charge in [0, 0.05) is 13.9 Å². The summed E-state index contributed by atoms with van der Waals surface area (Å²) in [6.45, 7) is 6.16. The second-order valence-electron chi connectivity index (χ2n) is 2.79. The van der Waals surface area contributed by atoms with Crippen molar-refractivity contribution in [2.24, 2.45) is 0 Å². The molecule has 1 aliphatic rings. The Morgan fingerprint density at radius 1 is 1.38 bits per heavy atom. The monoisotopic (exact) mass is 258 g/mol. The summed E-state index contributed by atoms with van der Waals surface area (Å²) in [7, 11) is 0. The fourth-order valence-corrected chi connectivity index (χ4v) is 3.05. The molecule has 0 aromatic carbocycles. The van der Waals surface area contributed by atoms with Gasteiger partial charge in [-0.25, -0.2) is 0 Å². The first-order valence-corrected chi connectivity index (χ1v) is 6.33. The second-order valence-corrected chi connectivity index (χ2v) is 5.00. The SMILES string of the molecule is CC.Cc1cc2c(s1)=C(Br)CCC=2. The Hall–Kier alpha value is -0.0800. The van der Waals surface area contributed by atoms with Crippen molar-refractivity contribution in [2.45, 2.75) is 33.6 Å². The standard InChI is InChI=1S/C9H9BrS.C2H6/c1-6-5-7-3-2-4-8(10)9(7)11-6;1-2/h3,5H,2,4H2,1H3;1-2H3. The molecule has 0 aliphatic heterocycles. The van der Waals surface area contributed by atoms with Gasteiger partial charge in [-0.2, -0.15) is 0 Å².